The van der Waals surface area contributed by atoms with Crippen molar-refractivity contribution in [2.75, 3.05) is 42.6 Å². The number of ether oxygens (including phenoxy) is 2. The molecule has 0 aliphatic carbocycles. The molecule has 12 heteroatoms. The number of allylic oxidation sites excluding steroid dienone is 1. The fourth-order valence-electron chi connectivity index (χ4n) is 7.88. The molecule has 3 aliphatic rings. The number of carbonyl (C=O) groups is 4. The van der Waals surface area contributed by atoms with E-state index in [9.17, 15) is 24.3 Å². The third-order valence-electron chi connectivity index (χ3n) is 10.4. The average Bonchev–Trinajstić information content (AvgIpc) is 3.75. The summed E-state index contributed by atoms with van der Waals surface area (Å²) in [6.45, 7) is 14.7. The number of nitrogens with zero attached hydrogens (tertiary/aromatic N) is 3. The summed E-state index contributed by atoms with van der Waals surface area (Å²) < 4.78 is 12.2. The minimum atomic E-state index is -1.33. The molecule has 2 N–H and O–H groups in total. The van der Waals surface area contributed by atoms with Gasteiger partial charge < -0.3 is 34.6 Å². The van der Waals surface area contributed by atoms with Crippen LogP contribution in [0.3, 0.4) is 0 Å². The lowest BCUT2D eigenvalue weighted by molar-refractivity contribution is -0.146. The highest BCUT2D eigenvalue weighted by Gasteiger charge is 2.77. The Bertz CT molecular complexity index is 1590. The Morgan fingerprint density at radius 3 is 2.37 bits per heavy atom. The molecule has 0 radical (unpaired) electrons. The van der Waals surface area contributed by atoms with E-state index in [2.05, 4.69) is 53.2 Å². The molecule has 0 aromatic heterocycles. The van der Waals surface area contributed by atoms with E-state index in [1.807, 2.05) is 54.6 Å². The van der Waals surface area contributed by atoms with Gasteiger partial charge in [-0.25, -0.2) is 0 Å². The van der Waals surface area contributed by atoms with Gasteiger partial charge in [0.15, 0.2) is 0 Å². The predicted molar refractivity (Wildman–Crippen MR) is 199 cm³/mol. The van der Waals surface area contributed by atoms with Crippen LogP contribution in [0.15, 0.2) is 79.9 Å². The lowest BCUT2D eigenvalue weighted by Gasteiger charge is -2.38. The Morgan fingerprint density at radius 1 is 1.10 bits per heavy atom. The van der Waals surface area contributed by atoms with Crippen LogP contribution in [0.4, 0.5) is 11.4 Å². The van der Waals surface area contributed by atoms with Crippen molar-refractivity contribution in [2.45, 2.75) is 74.7 Å². The second kappa shape index (κ2) is 16.6. The minimum Gasteiger partial charge on any atom is -0.463 e. The van der Waals surface area contributed by atoms with Gasteiger partial charge in [-0.3, -0.25) is 19.2 Å². The number of benzene rings is 2. The van der Waals surface area contributed by atoms with Crippen molar-refractivity contribution >= 4 is 51.0 Å². The van der Waals surface area contributed by atoms with E-state index in [4.69, 9.17) is 9.47 Å². The maximum absolute atomic E-state index is 14.9. The first kappa shape index (κ1) is 38.2. The number of aliphatic hydroxyl groups is 1. The van der Waals surface area contributed by atoms with Crippen LogP contribution in [0, 0.1) is 11.8 Å². The first-order chi connectivity index (χ1) is 24.6. The number of hydrogen-bond donors (Lipinski definition) is 2. The monoisotopic (exact) mass is 764 g/mol. The standard InChI is InChI=1S/C39H49BrN4O7/c1-6-10-16-31(46)50-24-30(26-14-12-11-13-15-26)41-36(47)32-33-37(48)44(25(5)23-45)35(39(33)22-29(40)34(32)51-39)38(49)43(21-7-2)28-19-17-27(18-20-28)42(8-3)9-4/h6-7,11-15,17-20,25,29-30,32-35,45H,1-2,8-10,16,21-24H2,3-5H3,(H,41,47)/t25-,29?,30+,32-,33+,34-,35-,39+/m1/s1. The second-order valence-corrected chi connectivity index (χ2v) is 14.5. The van der Waals surface area contributed by atoms with Crippen LogP contribution < -0.4 is 15.1 Å². The molecule has 274 valence electrons. The summed E-state index contributed by atoms with van der Waals surface area (Å²) in [6, 6.07) is 14.3. The van der Waals surface area contributed by atoms with E-state index in [0.29, 0.717) is 18.5 Å². The molecule has 5 rings (SSSR count). The van der Waals surface area contributed by atoms with Crippen LogP contribution in [0.5, 0.6) is 0 Å². The number of rotatable bonds is 17. The van der Waals surface area contributed by atoms with Crippen LogP contribution >= 0.6 is 15.9 Å². The molecular weight excluding hydrogens is 716 g/mol. The van der Waals surface area contributed by atoms with Gasteiger partial charge in [0.1, 0.15) is 18.2 Å². The number of amides is 3. The molecule has 2 aromatic carbocycles. The minimum absolute atomic E-state index is 0.107. The van der Waals surface area contributed by atoms with Crippen LogP contribution in [0.1, 0.15) is 51.6 Å². The smallest absolute Gasteiger partial charge is 0.306 e. The Labute approximate surface area is 308 Å². The first-order valence-corrected chi connectivity index (χ1v) is 18.6. The highest BCUT2D eigenvalue weighted by Crippen LogP contribution is 2.60. The number of likely N-dealkylation sites (tertiary alicyclic amines) is 1. The van der Waals surface area contributed by atoms with Crippen molar-refractivity contribution < 1.29 is 33.8 Å². The van der Waals surface area contributed by atoms with Crippen molar-refractivity contribution in [3.63, 3.8) is 0 Å². The summed E-state index contributed by atoms with van der Waals surface area (Å²) in [7, 11) is 0. The number of anilines is 2. The quantitative estimate of drug-likeness (QED) is 0.137. The zero-order chi connectivity index (χ0) is 36.9. The van der Waals surface area contributed by atoms with E-state index in [-0.39, 0.29) is 36.9 Å². The molecular formula is C39H49BrN4O7. The molecule has 2 aromatic rings. The average molecular weight is 766 g/mol. The number of fused-ring (bicyclic) bond motifs is 1. The molecule has 3 amide bonds. The summed E-state index contributed by atoms with van der Waals surface area (Å²) >= 11 is 3.73. The zero-order valence-corrected chi connectivity index (χ0v) is 31.2. The van der Waals surface area contributed by atoms with Crippen molar-refractivity contribution in [1.82, 2.24) is 10.2 Å². The van der Waals surface area contributed by atoms with E-state index in [0.717, 1.165) is 24.3 Å². The maximum Gasteiger partial charge on any atom is 0.306 e. The van der Waals surface area contributed by atoms with E-state index in [1.54, 1.807) is 24.0 Å². The summed E-state index contributed by atoms with van der Waals surface area (Å²) in [5, 5.41) is 13.4. The summed E-state index contributed by atoms with van der Waals surface area (Å²) in [4.78, 5) is 61.1. The lowest BCUT2D eigenvalue weighted by atomic mass is 9.70. The van der Waals surface area contributed by atoms with Crippen molar-refractivity contribution in [3.8, 4) is 0 Å². The van der Waals surface area contributed by atoms with E-state index < -0.39 is 59.5 Å². The van der Waals surface area contributed by atoms with E-state index in [1.165, 1.54) is 4.90 Å². The Morgan fingerprint density at radius 2 is 1.76 bits per heavy atom. The van der Waals surface area contributed by atoms with Crippen molar-refractivity contribution in [2.24, 2.45) is 11.8 Å². The fraction of sp³-hybridized carbons (Fsp3) is 0.487. The third-order valence-corrected chi connectivity index (χ3v) is 11.2. The number of nitrogens with one attached hydrogen (secondary N) is 1. The number of aliphatic hydroxyl groups excluding tert-OH is 1. The van der Waals surface area contributed by atoms with Gasteiger partial charge in [0.2, 0.25) is 11.8 Å². The maximum atomic E-state index is 14.9. The summed E-state index contributed by atoms with van der Waals surface area (Å²) in [5.74, 6) is -3.59. The summed E-state index contributed by atoms with van der Waals surface area (Å²) in [5.41, 5.74) is 1.04. The van der Waals surface area contributed by atoms with Crippen LogP contribution in [-0.4, -0.2) is 95.2 Å². The number of hydrogen-bond acceptors (Lipinski definition) is 8. The molecule has 11 nitrogen and oxygen atoms in total. The molecule has 3 saturated heterocycles. The predicted octanol–water partition coefficient (Wildman–Crippen LogP) is 4.55. The number of halogens is 1. The van der Waals surface area contributed by atoms with Crippen LogP contribution in [-0.2, 0) is 28.7 Å². The van der Waals surface area contributed by atoms with Gasteiger partial charge in [0.05, 0.1) is 36.6 Å². The highest BCUT2D eigenvalue weighted by molar-refractivity contribution is 9.09. The molecule has 1 spiro atoms. The largest absolute Gasteiger partial charge is 0.463 e. The van der Waals surface area contributed by atoms with Gasteiger partial charge in [-0.05, 0) is 63.4 Å². The zero-order valence-electron chi connectivity index (χ0n) is 29.6. The van der Waals surface area contributed by atoms with Gasteiger partial charge in [-0.1, -0.05) is 58.4 Å². The SMILES string of the molecule is C=CCCC(=O)OC[C@H](NC(=O)[C@H]1[C@@H]2O[C@@]3(CC2Br)[C@@H]1C(=O)N([C@H](C)CO)[C@@H]3C(=O)N(CC=C)c1ccc(N(CC)CC)cc1)c1ccccc1. The van der Waals surface area contributed by atoms with E-state index >= 15 is 0 Å². The number of alkyl halides is 1. The molecule has 2 bridgehead atoms. The highest BCUT2D eigenvalue weighted by atomic mass is 79.9. The Hall–Kier alpha value is -4.00. The van der Waals surface area contributed by atoms with Crippen molar-refractivity contribution in [3.05, 3.63) is 85.5 Å². The number of carbonyl (C=O) groups excluding carboxylic acids is 4. The molecule has 3 heterocycles. The van der Waals surface area contributed by atoms with Crippen LogP contribution in [0.2, 0.25) is 0 Å². The Kier molecular flexibility index (Phi) is 12.4. The molecule has 1 unspecified atom stereocenters. The first-order valence-electron chi connectivity index (χ1n) is 17.7. The Balaban J connectivity index is 1.48. The summed E-state index contributed by atoms with van der Waals surface area (Å²) in [6.07, 6.45) is 3.51. The van der Waals surface area contributed by atoms with Crippen molar-refractivity contribution in [1.29, 1.82) is 0 Å². The van der Waals surface area contributed by atoms with Gasteiger partial charge in [0.25, 0.3) is 5.91 Å². The van der Waals surface area contributed by atoms with Gasteiger partial charge >= 0.3 is 5.97 Å². The molecule has 3 fully saturated rings. The number of esters is 1. The molecule has 51 heavy (non-hydrogen) atoms. The third kappa shape index (κ3) is 7.36. The lowest BCUT2D eigenvalue weighted by Crippen LogP contribution is -2.59. The van der Waals surface area contributed by atoms with Gasteiger partial charge in [-0.15, -0.1) is 13.2 Å². The van der Waals surface area contributed by atoms with Gasteiger partial charge in [0, 0.05) is 42.3 Å². The van der Waals surface area contributed by atoms with Gasteiger partial charge in [-0.2, -0.15) is 0 Å². The van der Waals surface area contributed by atoms with Crippen LogP contribution in [0.25, 0.3) is 0 Å². The second-order valence-electron chi connectivity index (χ2n) is 13.3. The molecule has 3 aliphatic heterocycles. The topological polar surface area (TPSA) is 129 Å². The molecule has 8 atom stereocenters. The molecule has 0 saturated carbocycles. The fourth-order valence-corrected chi connectivity index (χ4v) is 8.83. The normalized spacial score (nSPS) is 25.9.